The zero-order valence-corrected chi connectivity index (χ0v) is 13.3. The van der Waals surface area contributed by atoms with Crippen molar-refractivity contribution in [3.63, 3.8) is 0 Å². The molecule has 1 aliphatic rings. The number of methoxy groups -OCH3 is 2. The van der Waals surface area contributed by atoms with E-state index in [4.69, 9.17) is 14.5 Å². The standard InChI is InChI=1S/C16H20N2O2S/c1-19-14-7-6-12(10-15(14)20-2)13-11-21-16(17-13)18-8-4-3-5-9-18/h6-7,10-11H,3-5,8-9H2,1-2H3. The molecule has 0 spiro atoms. The van der Waals surface area contributed by atoms with E-state index in [-0.39, 0.29) is 0 Å². The predicted molar refractivity (Wildman–Crippen MR) is 86.7 cm³/mol. The maximum atomic E-state index is 5.36. The van der Waals surface area contributed by atoms with Crippen LogP contribution in [0, 0.1) is 0 Å². The van der Waals surface area contributed by atoms with Crippen molar-refractivity contribution in [3.05, 3.63) is 23.6 Å². The fourth-order valence-electron chi connectivity index (χ4n) is 2.62. The van der Waals surface area contributed by atoms with Crippen LogP contribution in [0.3, 0.4) is 0 Å². The molecular weight excluding hydrogens is 284 g/mol. The molecule has 0 atom stereocenters. The summed E-state index contributed by atoms with van der Waals surface area (Å²) in [7, 11) is 3.30. The Bertz CT molecular complexity index is 606. The van der Waals surface area contributed by atoms with Crippen molar-refractivity contribution in [1.29, 1.82) is 0 Å². The van der Waals surface area contributed by atoms with Gasteiger partial charge in [-0.25, -0.2) is 4.98 Å². The van der Waals surface area contributed by atoms with E-state index in [1.54, 1.807) is 25.6 Å². The van der Waals surface area contributed by atoms with Crippen molar-refractivity contribution in [1.82, 2.24) is 4.98 Å². The number of piperidine rings is 1. The van der Waals surface area contributed by atoms with Gasteiger partial charge in [0.2, 0.25) is 0 Å². The van der Waals surface area contributed by atoms with Gasteiger partial charge in [-0.2, -0.15) is 0 Å². The third kappa shape index (κ3) is 2.97. The minimum atomic E-state index is 0.738. The Morgan fingerprint density at radius 2 is 1.81 bits per heavy atom. The number of aromatic nitrogens is 1. The molecule has 5 heteroatoms. The molecule has 0 saturated carbocycles. The first-order valence-corrected chi connectivity index (χ1v) is 8.12. The topological polar surface area (TPSA) is 34.6 Å². The summed E-state index contributed by atoms with van der Waals surface area (Å²) in [4.78, 5) is 7.17. The number of ether oxygens (including phenoxy) is 2. The fraction of sp³-hybridized carbons (Fsp3) is 0.438. The van der Waals surface area contributed by atoms with Crippen molar-refractivity contribution in [2.24, 2.45) is 0 Å². The first kappa shape index (κ1) is 14.2. The van der Waals surface area contributed by atoms with E-state index in [9.17, 15) is 0 Å². The highest BCUT2D eigenvalue weighted by Crippen LogP contribution is 2.34. The molecule has 0 aliphatic carbocycles. The van der Waals surface area contributed by atoms with E-state index in [1.165, 1.54) is 19.3 Å². The number of benzene rings is 1. The third-order valence-corrected chi connectivity index (χ3v) is 4.70. The third-order valence-electron chi connectivity index (χ3n) is 3.80. The maximum absolute atomic E-state index is 5.36. The molecule has 21 heavy (non-hydrogen) atoms. The summed E-state index contributed by atoms with van der Waals surface area (Å²) in [5, 5.41) is 3.24. The average molecular weight is 304 g/mol. The van der Waals surface area contributed by atoms with Crippen molar-refractivity contribution >= 4 is 16.5 Å². The van der Waals surface area contributed by atoms with Crippen molar-refractivity contribution in [2.75, 3.05) is 32.2 Å². The lowest BCUT2D eigenvalue weighted by Gasteiger charge is -2.25. The summed E-state index contributed by atoms with van der Waals surface area (Å²) >= 11 is 1.72. The van der Waals surface area contributed by atoms with Crippen LogP contribution >= 0.6 is 11.3 Å². The molecule has 3 rings (SSSR count). The SMILES string of the molecule is COc1ccc(-c2csc(N3CCCCC3)n2)cc1OC. The molecule has 112 valence electrons. The van der Waals surface area contributed by atoms with Gasteiger partial charge in [-0.05, 0) is 37.5 Å². The molecule has 1 saturated heterocycles. The van der Waals surface area contributed by atoms with Gasteiger partial charge in [0, 0.05) is 24.0 Å². The summed E-state index contributed by atoms with van der Waals surface area (Å²) in [5.41, 5.74) is 2.06. The molecular formula is C16H20N2O2S. The Labute approximate surface area is 129 Å². The first-order valence-electron chi connectivity index (χ1n) is 7.24. The van der Waals surface area contributed by atoms with Crippen LogP contribution in [0.4, 0.5) is 5.13 Å². The number of thiazole rings is 1. The molecule has 0 bridgehead atoms. The molecule has 1 aromatic heterocycles. The summed E-state index contributed by atoms with van der Waals surface area (Å²) in [6.07, 6.45) is 3.88. The van der Waals surface area contributed by atoms with Crippen molar-refractivity contribution in [3.8, 4) is 22.8 Å². The zero-order valence-electron chi connectivity index (χ0n) is 12.5. The van der Waals surface area contributed by atoms with Gasteiger partial charge in [-0.15, -0.1) is 11.3 Å². The normalized spacial score (nSPS) is 15.0. The Morgan fingerprint density at radius 1 is 1.05 bits per heavy atom. The van der Waals surface area contributed by atoms with Crippen LogP contribution in [0.1, 0.15) is 19.3 Å². The number of anilines is 1. The molecule has 0 radical (unpaired) electrons. The summed E-state index contributed by atoms with van der Waals surface area (Å²) < 4.78 is 10.6. The Kier molecular flexibility index (Phi) is 4.29. The lowest BCUT2D eigenvalue weighted by atomic mass is 10.1. The first-order chi connectivity index (χ1) is 10.3. The van der Waals surface area contributed by atoms with E-state index in [1.807, 2.05) is 18.2 Å². The Hall–Kier alpha value is -1.75. The lowest BCUT2D eigenvalue weighted by Crippen LogP contribution is -2.29. The molecule has 0 unspecified atom stereocenters. The van der Waals surface area contributed by atoms with Crippen LogP contribution in [0.25, 0.3) is 11.3 Å². The van der Waals surface area contributed by atoms with E-state index < -0.39 is 0 Å². The second-order valence-electron chi connectivity index (χ2n) is 5.13. The van der Waals surface area contributed by atoms with Gasteiger partial charge in [0.05, 0.1) is 19.9 Å². The van der Waals surface area contributed by atoms with Crippen LogP contribution in [-0.4, -0.2) is 32.3 Å². The highest BCUT2D eigenvalue weighted by Gasteiger charge is 2.15. The smallest absolute Gasteiger partial charge is 0.185 e. The molecule has 1 aromatic carbocycles. The average Bonchev–Trinajstić information content (AvgIpc) is 3.05. The highest BCUT2D eigenvalue weighted by molar-refractivity contribution is 7.14. The second-order valence-corrected chi connectivity index (χ2v) is 5.97. The van der Waals surface area contributed by atoms with Gasteiger partial charge in [-0.1, -0.05) is 0 Å². The Balaban J connectivity index is 1.85. The number of hydrogen-bond donors (Lipinski definition) is 0. The monoisotopic (exact) mass is 304 g/mol. The van der Waals surface area contributed by atoms with Crippen LogP contribution in [-0.2, 0) is 0 Å². The quantitative estimate of drug-likeness (QED) is 0.860. The van der Waals surface area contributed by atoms with Crippen LogP contribution in [0.5, 0.6) is 11.5 Å². The molecule has 2 heterocycles. The van der Waals surface area contributed by atoms with Gasteiger partial charge < -0.3 is 14.4 Å². The highest BCUT2D eigenvalue weighted by atomic mass is 32.1. The molecule has 0 amide bonds. The van der Waals surface area contributed by atoms with Crippen LogP contribution < -0.4 is 14.4 Å². The lowest BCUT2D eigenvalue weighted by molar-refractivity contribution is 0.355. The van der Waals surface area contributed by atoms with E-state index in [2.05, 4.69) is 10.3 Å². The van der Waals surface area contributed by atoms with E-state index in [0.717, 1.165) is 41.0 Å². The summed E-state index contributed by atoms with van der Waals surface area (Å²) in [6.45, 7) is 2.25. The summed E-state index contributed by atoms with van der Waals surface area (Å²) in [5.74, 6) is 1.48. The minimum absolute atomic E-state index is 0.738. The van der Waals surface area contributed by atoms with Crippen molar-refractivity contribution in [2.45, 2.75) is 19.3 Å². The largest absolute Gasteiger partial charge is 0.493 e. The zero-order chi connectivity index (χ0) is 14.7. The minimum Gasteiger partial charge on any atom is -0.493 e. The van der Waals surface area contributed by atoms with Crippen LogP contribution in [0.2, 0.25) is 0 Å². The molecule has 2 aromatic rings. The number of rotatable bonds is 4. The van der Waals surface area contributed by atoms with E-state index >= 15 is 0 Å². The van der Waals surface area contributed by atoms with Gasteiger partial charge in [0.15, 0.2) is 16.6 Å². The molecule has 4 nitrogen and oxygen atoms in total. The van der Waals surface area contributed by atoms with E-state index in [0.29, 0.717) is 0 Å². The van der Waals surface area contributed by atoms with Gasteiger partial charge in [0.1, 0.15) is 0 Å². The van der Waals surface area contributed by atoms with Crippen LogP contribution in [0.15, 0.2) is 23.6 Å². The van der Waals surface area contributed by atoms with Crippen molar-refractivity contribution < 1.29 is 9.47 Å². The molecule has 0 N–H and O–H groups in total. The van der Waals surface area contributed by atoms with Gasteiger partial charge >= 0.3 is 0 Å². The Morgan fingerprint density at radius 3 is 2.52 bits per heavy atom. The number of nitrogens with zero attached hydrogens (tertiary/aromatic N) is 2. The maximum Gasteiger partial charge on any atom is 0.185 e. The predicted octanol–water partition coefficient (Wildman–Crippen LogP) is 3.82. The van der Waals surface area contributed by atoms with Gasteiger partial charge in [-0.3, -0.25) is 0 Å². The molecule has 1 aliphatic heterocycles. The molecule has 1 fully saturated rings. The summed E-state index contributed by atoms with van der Waals surface area (Å²) in [6, 6.07) is 5.93. The van der Waals surface area contributed by atoms with Gasteiger partial charge in [0.25, 0.3) is 0 Å². The second kappa shape index (κ2) is 6.35. The number of hydrogen-bond acceptors (Lipinski definition) is 5. The fourth-order valence-corrected chi connectivity index (χ4v) is 3.51.